The number of aromatic carboxylic acids is 1. The number of benzene rings is 1. The molecule has 0 fully saturated rings. The van der Waals surface area contributed by atoms with Gasteiger partial charge in [0.1, 0.15) is 11.3 Å². The lowest BCUT2D eigenvalue weighted by atomic mass is 10.1. The number of rotatable bonds is 7. The van der Waals surface area contributed by atoms with E-state index >= 15 is 0 Å². The summed E-state index contributed by atoms with van der Waals surface area (Å²) in [6.07, 6.45) is 4.62. The van der Waals surface area contributed by atoms with E-state index in [1.54, 1.807) is 6.07 Å². The van der Waals surface area contributed by atoms with Crippen LogP contribution in [0.4, 0.5) is 0 Å². The number of carboxylic acids is 1. The lowest BCUT2D eigenvalue weighted by Crippen LogP contribution is -2.06. The fourth-order valence-electron chi connectivity index (χ4n) is 3.05. The van der Waals surface area contributed by atoms with Gasteiger partial charge >= 0.3 is 5.97 Å². The lowest BCUT2D eigenvalue weighted by molar-refractivity contribution is 0.0691. The third-order valence-corrected chi connectivity index (χ3v) is 4.87. The normalized spacial score (nSPS) is 11.2. The van der Waals surface area contributed by atoms with Crippen LogP contribution in [0.3, 0.4) is 0 Å². The van der Waals surface area contributed by atoms with Crippen LogP contribution in [0.25, 0.3) is 11.2 Å². The zero-order chi connectivity index (χ0) is 18.7. The fourth-order valence-corrected chi connectivity index (χ4v) is 3.31. The molecule has 26 heavy (non-hydrogen) atoms. The summed E-state index contributed by atoms with van der Waals surface area (Å²) in [5.41, 5.74) is 3.46. The molecule has 6 heteroatoms. The Morgan fingerprint density at radius 1 is 1.19 bits per heavy atom. The first-order valence-corrected chi connectivity index (χ1v) is 9.22. The highest BCUT2D eigenvalue weighted by Gasteiger charge is 2.14. The van der Waals surface area contributed by atoms with E-state index in [1.165, 1.54) is 30.9 Å². The molecule has 3 rings (SSSR count). The summed E-state index contributed by atoms with van der Waals surface area (Å²) in [7, 11) is 0. The number of carboxylic acid groups (broad SMARTS) is 1. The molecule has 0 amide bonds. The minimum Gasteiger partial charge on any atom is -0.477 e. The quantitative estimate of drug-likeness (QED) is 0.601. The second-order valence-electron chi connectivity index (χ2n) is 6.47. The van der Waals surface area contributed by atoms with Crippen molar-refractivity contribution in [3.05, 3.63) is 58.0 Å². The first-order valence-electron chi connectivity index (χ1n) is 8.84. The molecular formula is C20H22ClN3O2. The van der Waals surface area contributed by atoms with Gasteiger partial charge in [-0.05, 0) is 49.1 Å². The Labute approximate surface area is 157 Å². The summed E-state index contributed by atoms with van der Waals surface area (Å²) in [4.78, 5) is 19.9. The fraction of sp³-hybridized carbons (Fsp3) is 0.350. The number of hydrogen-bond donors (Lipinski definition) is 1. The highest BCUT2D eigenvalue weighted by molar-refractivity contribution is 6.31. The predicted octanol–water partition coefficient (Wildman–Crippen LogP) is 4.87. The first kappa shape index (κ1) is 18.4. The molecule has 5 nitrogen and oxygen atoms in total. The monoisotopic (exact) mass is 371 g/mol. The number of carbonyl (C=O) groups is 1. The van der Waals surface area contributed by atoms with E-state index in [4.69, 9.17) is 11.6 Å². The van der Waals surface area contributed by atoms with Gasteiger partial charge in [-0.3, -0.25) is 0 Å². The maximum absolute atomic E-state index is 11.2. The van der Waals surface area contributed by atoms with Gasteiger partial charge in [0.25, 0.3) is 0 Å². The van der Waals surface area contributed by atoms with E-state index in [-0.39, 0.29) is 5.69 Å². The minimum atomic E-state index is -1.05. The van der Waals surface area contributed by atoms with E-state index in [0.29, 0.717) is 17.7 Å². The summed E-state index contributed by atoms with van der Waals surface area (Å²) in [6.45, 7) is 4.58. The predicted molar refractivity (Wildman–Crippen MR) is 103 cm³/mol. The van der Waals surface area contributed by atoms with Crippen LogP contribution in [-0.2, 0) is 13.0 Å². The third-order valence-electron chi connectivity index (χ3n) is 4.52. The standard InChI is InChI=1S/C20H22ClN3O2/c1-3-4-5-6-14-7-8-15(16(21)11-14)12-24-13(2)22-17-9-10-18(20(25)26)23-19(17)24/h7-11H,3-6,12H2,1-2H3,(H,25,26). The first-order chi connectivity index (χ1) is 12.5. The van der Waals surface area contributed by atoms with E-state index in [9.17, 15) is 9.90 Å². The van der Waals surface area contributed by atoms with Gasteiger partial charge in [0.15, 0.2) is 11.3 Å². The van der Waals surface area contributed by atoms with Crippen LogP contribution in [0, 0.1) is 6.92 Å². The van der Waals surface area contributed by atoms with Gasteiger partial charge in [-0.15, -0.1) is 0 Å². The van der Waals surface area contributed by atoms with Crippen LogP contribution in [0.1, 0.15) is 53.6 Å². The molecule has 0 radical (unpaired) electrons. The average Bonchev–Trinajstić information content (AvgIpc) is 2.92. The van der Waals surface area contributed by atoms with Gasteiger partial charge in [0, 0.05) is 5.02 Å². The van der Waals surface area contributed by atoms with Crippen molar-refractivity contribution in [2.45, 2.75) is 46.1 Å². The maximum atomic E-state index is 11.2. The smallest absolute Gasteiger partial charge is 0.354 e. The molecule has 0 saturated carbocycles. The van der Waals surface area contributed by atoms with Gasteiger partial charge in [0.2, 0.25) is 0 Å². The molecule has 2 heterocycles. The van der Waals surface area contributed by atoms with Crippen LogP contribution >= 0.6 is 11.6 Å². The molecule has 136 valence electrons. The summed E-state index contributed by atoms with van der Waals surface area (Å²) in [5, 5.41) is 9.90. The molecule has 1 N–H and O–H groups in total. The van der Waals surface area contributed by atoms with E-state index in [2.05, 4.69) is 23.0 Å². The minimum absolute atomic E-state index is 0.0102. The van der Waals surface area contributed by atoms with Gasteiger partial charge in [-0.1, -0.05) is 43.5 Å². The number of halogens is 1. The SMILES string of the molecule is CCCCCc1ccc(Cn2c(C)nc3ccc(C(=O)O)nc32)c(Cl)c1. The molecule has 0 atom stereocenters. The number of imidazole rings is 1. The van der Waals surface area contributed by atoms with Crippen molar-refractivity contribution in [2.24, 2.45) is 0 Å². The number of unbranched alkanes of at least 4 members (excludes halogenated alkanes) is 2. The molecule has 0 aliphatic heterocycles. The van der Waals surface area contributed by atoms with E-state index in [0.717, 1.165) is 22.8 Å². The van der Waals surface area contributed by atoms with E-state index in [1.807, 2.05) is 23.6 Å². The highest BCUT2D eigenvalue weighted by Crippen LogP contribution is 2.23. The molecule has 2 aromatic heterocycles. The van der Waals surface area contributed by atoms with Gasteiger partial charge in [0.05, 0.1) is 6.54 Å². The van der Waals surface area contributed by atoms with Crippen LogP contribution in [0.5, 0.6) is 0 Å². The summed E-state index contributed by atoms with van der Waals surface area (Å²) in [6, 6.07) is 9.34. The average molecular weight is 372 g/mol. The van der Waals surface area contributed by atoms with Crippen molar-refractivity contribution < 1.29 is 9.90 Å². The van der Waals surface area contributed by atoms with Crippen molar-refractivity contribution in [1.82, 2.24) is 14.5 Å². The highest BCUT2D eigenvalue weighted by atomic mass is 35.5. The molecule has 0 saturated heterocycles. The van der Waals surface area contributed by atoms with Crippen molar-refractivity contribution in [2.75, 3.05) is 0 Å². The van der Waals surface area contributed by atoms with Crippen molar-refractivity contribution in [3.8, 4) is 0 Å². The Kier molecular flexibility index (Phi) is 5.57. The van der Waals surface area contributed by atoms with Crippen LogP contribution < -0.4 is 0 Å². The number of nitrogens with zero attached hydrogens (tertiary/aromatic N) is 3. The molecule has 0 aliphatic carbocycles. The van der Waals surface area contributed by atoms with Crippen molar-refractivity contribution in [1.29, 1.82) is 0 Å². The van der Waals surface area contributed by atoms with Gasteiger partial charge in [-0.25, -0.2) is 14.8 Å². The van der Waals surface area contributed by atoms with Crippen LogP contribution in [0.2, 0.25) is 5.02 Å². The number of hydrogen-bond acceptors (Lipinski definition) is 3. The third kappa shape index (κ3) is 3.88. The molecule has 0 bridgehead atoms. The Bertz CT molecular complexity index is 950. The Morgan fingerprint density at radius 3 is 2.69 bits per heavy atom. The zero-order valence-corrected chi connectivity index (χ0v) is 15.8. The van der Waals surface area contributed by atoms with Gasteiger partial charge < -0.3 is 9.67 Å². The van der Waals surface area contributed by atoms with Crippen molar-refractivity contribution >= 4 is 28.7 Å². The second-order valence-corrected chi connectivity index (χ2v) is 6.88. The Balaban J connectivity index is 1.89. The molecule has 3 aromatic rings. The number of pyridine rings is 1. The topological polar surface area (TPSA) is 68.0 Å². The lowest BCUT2D eigenvalue weighted by Gasteiger charge is -2.10. The van der Waals surface area contributed by atoms with Crippen molar-refractivity contribution in [3.63, 3.8) is 0 Å². The molecule has 1 aromatic carbocycles. The zero-order valence-electron chi connectivity index (χ0n) is 15.0. The Hall–Kier alpha value is -2.40. The summed E-state index contributed by atoms with van der Waals surface area (Å²) >= 11 is 6.50. The number of aryl methyl sites for hydroxylation is 2. The summed E-state index contributed by atoms with van der Waals surface area (Å²) < 4.78 is 1.90. The van der Waals surface area contributed by atoms with Crippen LogP contribution in [0.15, 0.2) is 30.3 Å². The largest absolute Gasteiger partial charge is 0.477 e. The Morgan fingerprint density at radius 2 is 2.00 bits per heavy atom. The molecule has 0 aliphatic rings. The summed E-state index contributed by atoms with van der Waals surface area (Å²) in [5.74, 6) is -0.273. The number of aromatic nitrogens is 3. The maximum Gasteiger partial charge on any atom is 0.354 e. The molecule has 0 spiro atoms. The van der Waals surface area contributed by atoms with Crippen LogP contribution in [-0.4, -0.2) is 25.6 Å². The van der Waals surface area contributed by atoms with Gasteiger partial charge in [-0.2, -0.15) is 0 Å². The molecular weight excluding hydrogens is 350 g/mol. The van der Waals surface area contributed by atoms with E-state index < -0.39 is 5.97 Å². The number of fused-ring (bicyclic) bond motifs is 1. The molecule has 0 unspecified atom stereocenters. The second kappa shape index (κ2) is 7.87.